The summed E-state index contributed by atoms with van der Waals surface area (Å²) < 4.78 is 29.9. The molecule has 1 fully saturated rings. The number of thiophene rings is 1. The SMILES string of the molecule is CCn1c(=O)sc2cc(S(=O)(=O)N3CCC(C(=O)NCc4cccs4)CC3)ccc21. The Bertz CT molecular complexity index is 1200. The van der Waals surface area contributed by atoms with E-state index in [9.17, 15) is 18.0 Å². The van der Waals surface area contributed by atoms with Crippen LogP contribution in [0.15, 0.2) is 45.4 Å². The average molecular weight is 466 g/mol. The van der Waals surface area contributed by atoms with Crippen molar-refractivity contribution in [1.82, 2.24) is 14.2 Å². The second-order valence-corrected chi connectivity index (χ2v) is 11.2. The summed E-state index contributed by atoms with van der Waals surface area (Å²) >= 11 is 2.66. The summed E-state index contributed by atoms with van der Waals surface area (Å²) in [5.41, 5.74) is 0.757. The third-order valence-electron chi connectivity index (χ3n) is 5.44. The Balaban J connectivity index is 1.43. The predicted octanol–water partition coefficient (Wildman–Crippen LogP) is 2.86. The summed E-state index contributed by atoms with van der Waals surface area (Å²) in [6, 6.07) is 8.78. The van der Waals surface area contributed by atoms with Crippen molar-refractivity contribution in [2.75, 3.05) is 13.1 Å². The van der Waals surface area contributed by atoms with Crippen molar-refractivity contribution in [3.8, 4) is 0 Å². The van der Waals surface area contributed by atoms with Gasteiger partial charge in [-0.25, -0.2) is 8.42 Å². The van der Waals surface area contributed by atoms with Gasteiger partial charge >= 0.3 is 4.87 Å². The zero-order chi connectivity index (χ0) is 21.3. The fraction of sp³-hybridized carbons (Fsp3) is 0.400. The second kappa shape index (κ2) is 8.62. The molecule has 1 aliphatic rings. The van der Waals surface area contributed by atoms with Crippen molar-refractivity contribution >= 4 is 48.8 Å². The molecule has 0 aliphatic carbocycles. The molecule has 7 nitrogen and oxygen atoms in total. The molecule has 3 aromatic rings. The molecular formula is C20H23N3O4S3. The topological polar surface area (TPSA) is 88.5 Å². The number of aryl methyl sites for hydroxylation is 1. The minimum Gasteiger partial charge on any atom is -0.351 e. The van der Waals surface area contributed by atoms with Gasteiger partial charge in [0.2, 0.25) is 15.9 Å². The van der Waals surface area contributed by atoms with Gasteiger partial charge in [0.1, 0.15) is 0 Å². The van der Waals surface area contributed by atoms with Gasteiger partial charge in [0.15, 0.2) is 0 Å². The Morgan fingerprint density at radius 1 is 1.23 bits per heavy atom. The normalized spacial score (nSPS) is 16.2. The molecule has 1 N–H and O–H groups in total. The van der Waals surface area contributed by atoms with E-state index in [2.05, 4.69) is 5.32 Å². The first-order chi connectivity index (χ1) is 14.4. The highest BCUT2D eigenvalue weighted by Crippen LogP contribution is 2.27. The maximum absolute atomic E-state index is 13.1. The molecule has 0 unspecified atom stereocenters. The fourth-order valence-corrected chi connectivity index (χ4v) is 6.96. The Kier molecular flexibility index (Phi) is 6.10. The number of fused-ring (bicyclic) bond motifs is 1. The summed E-state index contributed by atoms with van der Waals surface area (Å²) in [5.74, 6) is -0.199. The Labute approximate surface area is 183 Å². The Morgan fingerprint density at radius 3 is 2.67 bits per heavy atom. The van der Waals surface area contributed by atoms with E-state index >= 15 is 0 Å². The van der Waals surface area contributed by atoms with E-state index in [1.165, 1.54) is 4.31 Å². The fourth-order valence-electron chi connectivity index (χ4n) is 3.75. The second-order valence-electron chi connectivity index (χ2n) is 7.22. The number of sulfonamides is 1. The third-order valence-corrected chi connectivity index (χ3v) is 9.15. The van der Waals surface area contributed by atoms with Crippen LogP contribution in [0.3, 0.4) is 0 Å². The molecule has 3 heterocycles. The molecule has 1 amide bonds. The van der Waals surface area contributed by atoms with Crippen LogP contribution in [0.1, 0.15) is 24.6 Å². The zero-order valence-electron chi connectivity index (χ0n) is 16.5. The minimum absolute atomic E-state index is 0.0208. The smallest absolute Gasteiger partial charge is 0.308 e. The lowest BCUT2D eigenvalue weighted by Gasteiger charge is -2.30. The molecule has 0 radical (unpaired) electrons. The van der Waals surface area contributed by atoms with Gasteiger partial charge < -0.3 is 5.32 Å². The number of benzene rings is 1. The first kappa shape index (κ1) is 21.2. The molecule has 0 bridgehead atoms. The molecule has 0 saturated carbocycles. The van der Waals surface area contributed by atoms with E-state index < -0.39 is 10.0 Å². The van der Waals surface area contributed by atoms with Crippen molar-refractivity contribution in [3.05, 3.63) is 50.3 Å². The number of hydrogen-bond donors (Lipinski definition) is 1. The van der Waals surface area contributed by atoms with Gasteiger partial charge in [0.25, 0.3) is 0 Å². The number of aromatic nitrogens is 1. The monoisotopic (exact) mass is 465 g/mol. The average Bonchev–Trinajstić information content (AvgIpc) is 3.38. The number of nitrogens with one attached hydrogen (secondary N) is 1. The largest absolute Gasteiger partial charge is 0.351 e. The first-order valence-electron chi connectivity index (χ1n) is 9.84. The first-order valence-corrected chi connectivity index (χ1v) is 13.0. The van der Waals surface area contributed by atoms with E-state index in [-0.39, 0.29) is 21.6 Å². The Morgan fingerprint density at radius 2 is 2.00 bits per heavy atom. The number of rotatable bonds is 6. The standard InChI is InChI=1S/C20H23N3O4S3/c1-2-23-17-6-5-16(12-18(17)29-20(23)25)30(26,27)22-9-7-14(8-10-22)19(24)21-13-15-4-3-11-28-15/h3-6,11-12,14H,2,7-10,13H2,1H3,(H,21,24). The summed E-state index contributed by atoms with van der Waals surface area (Å²) in [7, 11) is -3.66. The van der Waals surface area contributed by atoms with Crippen LogP contribution >= 0.6 is 22.7 Å². The lowest BCUT2D eigenvalue weighted by atomic mass is 9.97. The van der Waals surface area contributed by atoms with Crippen LogP contribution in [0.25, 0.3) is 10.2 Å². The summed E-state index contributed by atoms with van der Waals surface area (Å²) in [6.45, 7) is 3.56. The van der Waals surface area contributed by atoms with Crippen molar-refractivity contribution < 1.29 is 13.2 Å². The van der Waals surface area contributed by atoms with Crippen LogP contribution in [0, 0.1) is 5.92 Å². The lowest BCUT2D eigenvalue weighted by Crippen LogP contribution is -2.42. The van der Waals surface area contributed by atoms with E-state index in [1.54, 1.807) is 34.1 Å². The van der Waals surface area contributed by atoms with Crippen molar-refractivity contribution in [2.45, 2.75) is 37.8 Å². The summed E-state index contributed by atoms with van der Waals surface area (Å²) in [5, 5.41) is 4.92. The number of amides is 1. The van der Waals surface area contributed by atoms with Crippen LogP contribution in [0.2, 0.25) is 0 Å². The van der Waals surface area contributed by atoms with Crippen molar-refractivity contribution in [3.63, 3.8) is 0 Å². The van der Waals surface area contributed by atoms with Crippen LogP contribution < -0.4 is 10.2 Å². The molecule has 1 aromatic carbocycles. The number of carbonyl (C=O) groups excluding carboxylic acids is 1. The predicted molar refractivity (Wildman–Crippen MR) is 119 cm³/mol. The minimum atomic E-state index is -3.66. The number of thiazole rings is 1. The maximum Gasteiger partial charge on any atom is 0.308 e. The van der Waals surface area contributed by atoms with Gasteiger partial charge in [-0.3, -0.25) is 14.2 Å². The molecule has 0 atom stereocenters. The number of carbonyl (C=O) groups is 1. The third kappa shape index (κ3) is 4.09. The highest BCUT2D eigenvalue weighted by Gasteiger charge is 2.32. The quantitative estimate of drug-likeness (QED) is 0.606. The highest BCUT2D eigenvalue weighted by molar-refractivity contribution is 7.89. The van der Waals surface area contributed by atoms with Crippen molar-refractivity contribution in [2.24, 2.45) is 5.92 Å². The lowest BCUT2D eigenvalue weighted by molar-refractivity contribution is -0.126. The van der Waals surface area contributed by atoms with Gasteiger partial charge in [-0.2, -0.15) is 4.31 Å². The van der Waals surface area contributed by atoms with Gasteiger partial charge in [-0.15, -0.1) is 11.3 Å². The molecular weight excluding hydrogens is 442 g/mol. The molecule has 10 heteroatoms. The van der Waals surface area contributed by atoms with Gasteiger partial charge in [-0.05, 0) is 49.4 Å². The molecule has 4 rings (SSSR count). The highest BCUT2D eigenvalue weighted by atomic mass is 32.2. The van der Waals surface area contributed by atoms with E-state index in [0.29, 0.717) is 43.7 Å². The maximum atomic E-state index is 13.1. The zero-order valence-corrected chi connectivity index (χ0v) is 19.0. The molecule has 1 saturated heterocycles. The molecule has 160 valence electrons. The van der Waals surface area contributed by atoms with Crippen LogP contribution in [-0.4, -0.2) is 36.3 Å². The van der Waals surface area contributed by atoms with Crippen LogP contribution in [0.4, 0.5) is 0 Å². The van der Waals surface area contributed by atoms with Gasteiger partial charge in [0, 0.05) is 30.4 Å². The number of hydrogen-bond acceptors (Lipinski definition) is 6. The summed E-state index contributed by atoms with van der Waals surface area (Å²) in [4.78, 5) is 25.7. The molecule has 2 aromatic heterocycles. The number of nitrogens with zero attached hydrogens (tertiary/aromatic N) is 2. The molecule has 30 heavy (non-hydrogen) atoms. The summed E-state index contributed by atoms with van der Waals surface area (Å²) in [6.07, 6.45) is 0.995. The van der Waals surface area contributed by atoms with Crippen molar-refractivity contribution in [1.29, 1.82) is 0 Å². The van der Waals surface area contributed by atoms with Gasteiger partial charge in [-0.1, -0.05) is 17.4 Å². The van der Waals surface area contributed by atoms with E-state index in [1.807, 2.05) is 24.4 Å². The van der Waals surface area contributed by atoms with Crippen LogP contribution in [0.5, 0.6) is 0 Å². The van der Waals surface area contributed by atoms with E-state index in [0.717, 1.165) is 21.7 Å². The Hall–Kier alpha value is -2.01. The molecule has 1 aliphatic heterocycles. The molecule has 0 spiro atoms. The number of piperidine rings is 1. The van der Waals surface area contributed by atoms with Gasteiger partial charge in [0.05, 0.1) is 21.7 Å². The van der Waals surface area contributed by atoms with Crippen LogP contribution in [-0.2, 0) is 27.9 Å². The van der Waals surface area contributed by atoms with E-state index in [4.69, 9.17) is 0 Å².